The summed E-state index contributed by atoms with van der Waals surface area (Å²) in [6, 6.07) is 8.79. The number of rotatable bonds is 2. The van der Waals surface area contributed by atoms with Gasteiger partial charge in [0, 0.05) is 37.7 Å². The molecule has 3 rings (SSSR count). The highest BCUT2D eigenvalue weighted by atomic mass is 35.5. The molecule has 1 aromatic heterocycles. The van der Waals surface area contributed by atoms with Crippen LogP contribution in [-0.2, 0) is 0 Å². The lowest BCUT2D eigenvalue weighted by molar-refractivity contribution is 0.0634. The van der Waals surface area contributed by atoms with Crippen molar-refractivity contribution in [1.82, 2.24) is 15.2 Å². The van der Waals surface area contributed by atoms with Gasteiger partial charge in [-0.05, 0) is 29.8 Å². The Hall–Kier alpha value is -2.11. The van der Waals surface area contributed by atoms with Gasteiger partial charge in [0.1, 0.15) is 0 Å². The van der Waals surface area contributed by atoms with Crippen molar-refractivity contribution in [3.63, 3.8) is 0 Å². The maximum atomic E-state index is 12.9. The first-order chi connectivity index (χ1) is 10.7. The van der Waals surface area contributed by atoms with Gasteiger partial charge >= 0.3 is 0 Å². The fraction of sp³-hybridized carbons (Fsp3) is 0.250. The molecule has 1 atom stereocenters. The van der Waals surface area contributed by atoms with Crippen LogP contribution in [0.15, 0.2) is 42.7 Å². The number of carbonyl (C=O) groups is 1. The highest BCUT2D eigenvalue weighted by Gasteiger charge is 2.29. The molecule has 1 saturated heterocycles. The fourth-order valence-corrected chi connectivity index (χ4v) is 2.95. The molecule has 0 spiro atoms. The Morgan fingerprint density at radius 3 is 3.00 bits per heavy atom. The smallest absolute Gasteiger partial charge is 0.255 e. The number of anilines is 1. The number of nitrogens with two attached hydrogens (primary N) is 1. The molecule has 1 amide bonds. The summed E-state index contributed by atoms with van der Waals surface area (Å²) in [7, 11) is 0. The van der Waals surface area contributed by atoms with E-state index in [1.807, 2.05) is 17.0 Å². The topological polar surface area (TPSA) is 71.2 Å². The van der Waals surface area contributed by atoms with Gasteiger partial charge in [0.15, 0.2) is 0 Å². The Bertz CT molecular complexity index is 677. The summed E-state index contributed by atoms with van der Waals surface area (Å²) in [6.45, 7) is 2.08. The van der Waals surface area contributed by atoms with Crippen molar-refractivity contribution in [2.45, 2.75) is 6.04 Å². The lowest BCUT2D eigenvalue weighted by Crippen LogP contribution is -2.48. The lowest BCUT2D eigenvalue weighted by atomic mass is 10.0. The monoisotopic (exact) mass is 316 g/mol. The zero-order valence-corrected chi connectivity index (χ0v) is 12.8. The van der Waals surface area contributed by atoms with E-state index in [-0.39, 0.29) is 11.9 Å². The van der Waals surface area contributed by atoms with Crippen LogP contribution in [0.1, 0.15) is 22.0 Å². The van der Waals surface area contributed by atoms with E-state index in [0.29, 0.717) is 29.4 Å². The predicted octanol–water partition coefficient (Wildman–Crippen LogP) is 2.10. The third kappa shape index (κ3) is 2.91. The van der Waals surface area contributed by atoms with Crippen molar-refractivity contribution >= 4 is 23.2 Å². The van der Waals surface area contributed by atoms with Crippen molar-refractivity contribution in [2.24, 2.45) is 0 Å². The number of nitrogens with one attached hydrogen (secondary N) is 1. The van der Waals surface area contributed by atoms with Crippen LogP contribution in [0.4, 0.5) is 5.69 Å². The number of aromatic nitrogens is 1. The van der Waals surface area contributed by atoms with Gasteiger partial charge in [-0.25, -0.2) is 0 Å². The average Bonchev–Trinajstić information content (AvgIpc) is 2.55. The second-order valence-electron chi connectivity index (χ2n) is 5.24. The number of carbonyl (C=O) groups excluding carboxylic acids is 1. The summed E-state index contributed by atoms with van der Waals surface area (Å²) >= 11 is 6.18. The molecule has 1 fully saturated rings. The van der Waals surface area contributed by atoms with Gasteiger partial charge in [-0.2, -0.15) is 0 Å². The molecule has 0 bridgehead atoms. The van der Waals surface area contributed by atoms with Crippen LogP contribution in [0, 0.1) is 0 Å². The maximum Gasteiger partial charge on any atom is 0.255 e. The molecular formula is C16H17ClN4O. The normalized spacial score (nSPS) is 18.2. The first kappa shape index (κ1) is 14.8. The molecule has 0 aliphatic carbocycles. The Labute approximate surface area is 134 Å². The largest absolute Gasteiger partial charge is 0.399 e. The molecule has 22 heavy (non-hydrogen) atoms. The average molecular weight is 317 g/mol. The standard InChI is InChI=1S/C16H17ClN4O/c17-14-8-12(18)3-4-13(14)16(22)21-7-6-20-10-15(21)11-2-1-5-19-9-11/h1-5,8-9,15,20H,6-7,10,18H2. The molecule has 114 valence electrons. The van der Waals surface area contributed by atoms with E-state index >= 15 is 0 Å². The summed E-state index contributed by atoms with van der Waals surface area (Å²) < 4.78 is 0. The van der Waals surface area contributed by atoms with Crippen LogP contribution >= 0.6 is 11.6 Å². The van der Waals surface area contributed by atoms with Crippen LogP contribution in [0.3, 0.4) is 0 Å². The van der Waals surface area contributed by atoms with Gasteiger partial charge in [0.2, 0.25) is 0 Å². The highest BCUT2D eigenvalue weighted by Crippen LogP contribution is 2.27. The summed E-state index contributed by atoms with van der Waals surface area (Å²) in [5.41, 5.74) is 7.73. The molecule has 2 aromatic rings. The van der Waals surface area contributed by atoms with E-state index in [1.54, 1.807) is 30.6 Å². The molecule has 6 heteroatoms. The first-order valence-electron chi connectivity index (χ1n) is 7.13. The lowest BCUT2D eigenvalue weighted by Gasteiger charge is -2.36. The van der Waals surface area contributed by atoms with E-state index in [9.17, 15) is 4.79 Å². The number of piperazine rings is 1. The zero-order valence-electron chi connectivity index (χ0n) is 12.0. The number of benzene rings is 1. The summed E-state index contributed by atoms with van der Waals surface area (Å²) in [6.07, 6.45) is 3.52. The first-order valence-corrected chi connectivity index (χ1v) is 7.51. The summed E-state index contributed by atoms with van der Waals surface area (Å²) in [5.74, 6) is -0.0830. The highest BCUT2D eigenvalue weighted by molar-refractivity contribution is 6.34. The molecule has 0 radical (unpaired) electrons. The minimum absolute atomic E-state index is 0.0523. The number of pyridine rings is 1. The van der Waals surface area contributed by atoms with Crippen molar-refractivity contribution in [3.8, 4) is 0 Å². The number of hydrogen-bond acceptors (Lipinski definition) is 4. The molecular weight excluding hydrogens is 300 g/mol. The Morgan fingerprint density at radius 2 is 2.27 bits per heavy atom. The molecule has 1 aliphatic rings. The Balaban J connectivity index is 1.92. The van der Waals surface area contributed by atoms with Crippen LogP contribution < -0.4 is 11.1 Å². The second kappa shape index (κ2) is 6.34. The van der Waals surface area contributed by atoms with Crippen LogP contribution in [0.5, 0.6) is 0 Å². The van der Waals surface area contributed by atoms with Gasteiger partial charge in [-0.15, -0.1) is 0 Å². The van der Waals surface area contributed by atoms with Gasteiger partial charge in [0.05, 0.1) is 16.6 Å². The number of hydrogen-bond donors (Lipinski definition) is 2. The Kier molecular flexibility index (Phi) is 4.27. The fourth-order valence-electron chi connectivity index (χ4n) is 2.68. The van der Waals surface area contributed by atoms with Crippen LogP contribution in [-0.4, -0.2) is 35.4 Å². The number of amides is 1. The summed E-state index contributed by atoms with van der Waals surface area (Å²) in [4.78, 5) is 18.9. The third-order valence-electron chi connectivity index (χ3n) is 3.80. The van der Waals surface area contributed by atoms with Gasteiger partial charge in [-0.3, -0.25) is 9.78 Å². The number of halogens is 1. The second-order valence-corrected chi connectivity index (χ2v) is 5.65. The SMILES string of the molecule is Nc1ccc(C(=O)N2CCNCC2c2cccnc2)c(Cl)c1. The quantitative estimate of drug-likeness (QED) is 0.832. The van der Waals surface area contributed by atoms with E-state index in [2.05, 4.69) is 10.3 Å². The van der Waals surface area contributed by atoms with E-state index in [1.165, 1.54) is 0 Å². The van der Waals surface area contributed by atoms with Crippen LogP contribution in [0.25, 0.3) is 0 Å². The molecule has 1 unspecified atom stereocenters. The van der Waals surface area contributed by atoms with E-state index < -0.39 is 0 Å². The molecule has 0 saturated carbocycles. The third-order valence-corrected chi connectivity index (χ3v) is 4.11. The van der Waals surface area contributed by atoms with Gasteiger partial charge < -0.3 is 16.0 Å². The predicted molar refractivity (Wildman–Crippen MR) is 86.7 cm³/mol. The summed E-state index contributed by atoms with van der Waals surface area (Å²) in [5, 5.41) is 3.70. The molecule has 3 N–H and O–H groups in total. The molecule has 2 heterocycles. The van der Waals surface area contributed by atoms with Crippen LogP contribution in [0.2, 0.25) is 5.02 Å². The Morgan fingerprint density at radius 1 is 1.41 bits per heavy atom. The van der Waals surface area contributed by atoms with Crippen molar-refractivity contribution < 1.29 is 4.79 Å². The molecule has 1 aliphatic heterocycles. The minimum atomic E-state index is -0.0830. The van der Waals surface area contributed by atoms with E-state index in [4.69, 9.17) is 17.3 Å². The molecule has 1 aromatic carbocycles. The zero-order chi connectivity index (χ0) is 15.5. The maximum absolute atomic E-state index is 12.9. The molecule has 5 nitrogen and oxygen atoms in total. The van der Waals surface area contributed by atoms with Gasteiger partial charge in [0.25, 0.3) is 5.91 Å². The van der Waals surface area contributed by atoms with Crippen molar-refractivity contribution in [2.75, 3.05) is 25.4 Å². The number of nitrogen functional groups attached to an aromatic ring is 1. The number of nitrogens with zero attached hydrogens (tertiary/aromatic N) is 2. The minimum Gasteiger partial charge on any atom is -0.399 e. The van der Waals surface area contributed by atoms with Crippen molar-refractivity contribution in [3.05, 3.63) is 58.9 Å². The van der Waals surface area contributed by atoms with E-state index in [0.717, 1.165) is 12.1 Å². The van der Waals surface area contributed by atoms with Gasteiger partial charge in [-0.1, -0.05) is 17.7 Å². The van der Waals surface area contributed by atoms with Crippen molar-refractivity contribution in [1.29, 1.82) is 0 Å².